The summed E-state index contributed by atoms with van der Waals surface area (Å²) in [7, 11) is 0. The van der Waals surface area contributed by atoms with Gasteiger partial charge in [-0.25, -0.2) is 9.97 Å². The van der Waals surface area contributed by atoms with Gasteiger partial charge in [-0.2, -0.15) is 13.2 Å². The Morgan fingerprint density at radius 1 is 1.17 bits per heavy atom. The number of aromatic nitrogens is 2. The summed E-state index contributed by atoms with van der Waals surface area (Å²) in [5, 5.41) is 3.23. The quantitative estimate of drug-likeness (QED) is 0.778. The number of anilines is 1. The fourth-order valence-corrected chi connectivity index (χ4v) is 3.80. The van der Waals surface area contributed by atoms with Gasteiger partial charge >= 0.3 is 6.18 Å². The lowest BCUT2D eigenvalue weighted by molar-refractivity contribution is -0.136. The predicted octanol–water partition coefficient (Wildman–Crippen LogP) is 3.19. The second-order valence-electron chi connectivity index (χ2n) is 7.27. The summed E-state index contributed by atoms with van der Waals surface area (Å²) in [5.41, 5.74) is -0.757. The zero-order chi connectivity index (χ0) is 21.3. The van der Waals surface area contributed by atoms with Crippen LogP contribution in [-0.2, 0) is 15.8 Å². The minimum atomic E-state index is -4.50. The first-order valence-electron chi connectivity index (χ1n) is 9.61. The van der Waals surface area contributed by atoms with Crippen molar-refractivity contribution in [3.63, 3.8) is 0 Å². The van der Waals surface area contributed by atoms with Crippen LogP contribution in [0.25, 0.3) is 10.9 Å². The molecule has 2 aromatic rings. The number of halogens is 3. The Hall–Kier alpha value is -3.23. The molecule has 1 aromatic carbocycles. The third kappa shape index (κ3) is 3.92. The van der Waals surface area contributed by atoms with Crippen molar-refractivity contribution >= 4 is 28.4 Å². The first-order valence-corrected chi connectivity index (χ1v) is 9.61. The summed E-state index contributed by atoms with van der Waals surface area (Å²) in [6.07, 6.45) is 2.96. The molecule has 0 unspecified atom stereocenters. The van der Waals surface area contributed by atoms with Gasteiger partial charge in [-0.05, 0) is 31.1 Å². The van der Waals surface area contributed by atoms with Crippen molar-refractivity contribution in [3.05, 3.63) is 53.9 Å². The van der Waals surface area contributed by atoms with Crippen LogP contribution in [0.1, 0.15) is 24.8 Å². The predicted molar refractivity (Wildman–Crippen MR) is 105 cm³/mol. The molecule has 1 amide bonds. The van der Waals surface area contributed by atoms with Crippen molar-refractivity contribution < 1.29 is 22.8 Å². The van der Waals surface area contributed by atoms with Crippen LogP contribution in [0.5, 0.6) is 0 Å². The van der Waals surface area contributed by atoms with Crippen molar-refractivity contribution in [1.29, 1.82) is 0 Å². The average molecular weight is 416 g/mol. The maximum atomic E-state index is 13.3. The van der Waals surface area contributed by atoms with E-state index >= 15 is 0 Å². The highest BCUT2D eigenvalue weighted by atomic mass is 19.4. The molecule has 1 N–H and O–H groups in total. The van der Waals surface area contributed by atoms with E-state index in [9.17, 15) is 22.8 Å². The Balaban J connectivity index is 1.48. The van der Waals surface area contributed by atoms with E-state index in [1.165, 1.54) is 12.1 Å². The Bertz CT molecular complexity index is 1050. The number of hydrogen-bond donors (Lipinski definition) is 1. The van der Waals surface area contributed by atoms with E-state index in [4.69, 9.17) is 0 Å². The van der Waals surface area contributed by atoms with Gasteiger partial charge in [0.15, 0.2) is 5.78 Å². The number of amides is 1. The number of para-hydroxylation sites is 1. The first kappa shape index (κ1) is 20.1. The number of benzene rings is 1. The summed E-state index contributed by atoms with van der Waals surface area (Å²) in [6.45, 7) is 1.03. The topological polar surface area (TPSA) is 75.2 Å². The molecule has 1 aliphatic carbocycles. The number of ketones is 1. The minimum absolute atomic E-state index is 0.118. The zero-order valence-electron chi connectivity index (χ0n) is 15.9. The van der Waals surface area contributed by atoms with Crippen LogP contribution in [0.2, 0.25) is 0 Å². The maximum absolute atomic E-state index is 13.3. The van der Waals surface area contributed by atoms with E-state index in [1.807, 2.05) is 4.90 Å². The molecule has 9 heteroatoms. The number of carbonyl (C=O) groups excluding carboxylic acids is 2. The number of carbonyl (C=O) groups is 2. The van der Waals surface area contributed by atoms with Gasteiger partial charge in [0.2, 0.25) is 0 Å². The number of Topliss-reactive ketones (excluding diaryl/α,β-unsaturated/α-hetero) is 1. The number of nitrogens with one attached hydrogen (secondary N) is 1. The maximum Gasteiger partial charge on any atom is 0.418 e. The van der Waals surface area contributed by atoms with Crippen LogP contribution < -0.4 is 10.2 Å². The lowest BCUT2D eigenvalue weighted by Crippen LogP contribution is -2.46. The number of hydrogen-bond acceptors (Lipinski definition) is 5. The van der Waals surface area contributed by atoms with Gasteiger partial charge in [0, 0.05) is 30.9 Å². The fraction of sp³-hybridized carbons (Fsp3) is 0.333. The van der Waals surface area contributed by atoms with Gasteiger partial charge in [-0.3, -0.25) is 9.59 Å². The third-order valence-corrected chi connectivity index (χ3v) is 5.33. The van der Waals surface area contributed by atoms with Crippen molar-refractivity contribution in [3.8, 4) is 0 Å². The molecule has 0 radical (unpaired) electrons. The molecular weight excluding hydrogens is 397 g/mol. The monoisotopic (exact) mass is 416 g/mol. The molecule has 0 saturated carbocycles. The number of allylic oxidation sites excluding steroid dienone is 3. The van der Waals surface area contributed by atoms with Crippen molar-refractivity contribution in [1.82, 2.24) is 15.3 Å². The Morgan fingerprint density at radius 2 is 1.93 bits per heavy atom. The summed E-state index contributed by atoms with van der Waals surface area (Å²) in [4.78, 5) is 34.2. The Labute approximate surface area is 170 Å². The highest BCUT2D eigenvalue weighted by Gasteiger charge is 2.34. The van der Waals surface area contributed by atoms with E-state index in [0.717, 1.165) is 12.4 Å². The largest absolute Gasteiger partial charge is 0.418 e. The number of piperidine rings is 1. The molecule has 1 aromatic heterocycles. The Kier molecular flexibility index (Phi) is 5.27. The van der Waals surface area contributed by atoms with Gasteiger partial charge < -0.3 is 10.2 Å². The molecule has 6 nitrogen and oxygen atoms in total. The molecule has 1 saturated heterocycles. The summed E-state index contributed by atoms with van der Waals surface area (Å²) < 4.78 is 39.9. The molecule has 156 valence electrons. The van der Waals surface area contributed by atoms with Gasteiger partial charge in [-0.1, -0.05) is 18.2 Å². The Morgan fingerprint density at radius 3 is 2.63 bits per heavy atom. The molecule has 2 aliphatic rings. The van der Waals surface area contributed by atoms with Crippen LogP contribution >= 0.6 is 0 Å². The fourth-order valence-electron chi connectivity index (χ4n) is 3.80. The van der Waals surface area contributed by atoms with Crippen LogP contribution in [0, 0.1) is 0 Å². The van der Waals surface area contributed by atoms with Crippen LogP contribution in [0.15, 0.2) is 48.3 Å². The van der Waals surface area contributed by atoms with Crippen LogP contribution in [0.3, 0.4) is 0 Å². The zero-order valence-corrected chi connectivity index (χ0v) is 15.9. The molecule has 30 heavy (non-hydrogen) atoms. The molecule has 0 bridgehead atoms. The van der Waals surface area contributed by atoms with Crippen LogP contribution in [0.4, 0.5) is 19.0 Å². The first-order chi connectivity index (χ1) is 14.3. The molecule has 4 rings (SSSR count). The number of alkyl halides is 3. The lowest BCUT2D eigenvalue weighted by atomic mass is 10.00. The van der Waals surface area contributed by atoms with Crippen molar-refractivity contribution in [2.45, 2.75) is 31.5 Å². The second kappa shape index (κ2) is 7.89. The molecular formula is C21H19F3N4O2. The molecule has 0 atom stereocenters. The molecule has 1 fully saturated rings. The molecule has 1 aliphatic heterocycles. The SMILES string of the molecule is O=C1CC=CC=C1C(=O)NC1CCN(c2ncnc3c(C(F)(F)F)cccc23)CC1. The van der Waals surface area contributed by atoms with E-state index in [0.29, 0.717) is 37.1 Å². The highest BCUT2D eigenvalue weighted by Crippen LogP contribution is 2.36. The van der Waals surface area contributed by atoms with Crippen molar-refractivity contribution in [2.75, 3.05) is 18.0 Å². The number of nitrogens with zero attached hydrogens (tertiary/aromatic N) is 3. The molecule has 0 spiro atoms. The van der Waals surface area contributed by atoms with Gasteiger partial charge in [0.25, 0.3) is 5.91 Å². The second-order valence-corrected chi connectivity index (χ2v) is 7.27. The van der Waals surface area contributed by atoms with Crippen LogP contribution in [-0.4, -0.2) is 40.8 Å². The van der Waals surface area contributed by atoms with Crippen molar-refractivity contribution in [2.24, 2.45) is 0 Å². The summed E-state index contributed by atoms with van der Waals surface area (Å²) in [6, 6.07) is 3.83. The smallest absolute Gasteiger partial charge is 0.356 e. The minimum Gasteiger partial charge on any atom is -0.356 e. The lowest BCUT2D eigenvalue weighted by Gasteiger charge is -2.33. The van der Waals surface area contributed by atoms with Gasteiger partial charge in [0.05, 0.1) is 16.7 Å². The van der Waals surface area contributed by atoms with E-state index in [-0.39, 0.29) is 35.2 Å². The number of fused-ring (bicyclic) bond motifs is 1. The summed E-state index contributed by atoms with van der Waals surface area (Å²) >= 11 is 0. The van der Waals surface area contributed by atoms with E-state index in [1.54, 1.807) is 18.2 Å². The number of rotatable bonds is 3. The third-order valence-electron chi connectivity index (χ3n) is 5.33. The van der Waals surface area contributed by atoms with Gasteiger partial charge in [0.1, 0.15) is 12.1 Å². The normalized spacial score (nSPS) is 17.9. The van der Waals surface area contributed by atoms with Gasteiger partial charge in [-0.15, -0.1) is 0 Å². The van der Waals surface area contributed by atoms with E-state index in [2.05, 4.69) is 15.3 Å². The average Bonchev–Trinajstić information content (AvgIpc) is 2.73. The molecule has 2 heterocycles. The van der Waals surface area contributed by atoms with E-state index < -0.39 is 11.7 Å². The summed E-state index contributed by atoms with van der Waals surface area (Å²) in [5.74, 6) is -0.142. The highest BCUT2D eigenvalue weighted by molar-refractivity contribution is 6.20. The standard InChI is InChI=1S/C21H19F3N4O2/c22-21(23,24)16-6-3-5-15-18(16)25-12-26-19(15)28-10-8-13(9-11-28)27-20(30)14-4-1-2-7-17(14)29/h1-6,12-13H,7-11H2,(H,27,30).